The van der Waals surface area contributed by atoms with Crippen LogP contribution in [0.5, 0.6) is 0 Å². The second-order valence-electron chi connectivity index (χ2n) is 12.0. The van der Waals surface area contributed by atoms with Crippen LogP contribution in [0, 0.1) is 11.8 Å². The van der Waals surface area contributed by atoms with Crippen molar-refractivity contribution in [2.24, 2.45) is 11.8 Å². The fraction of sp³-hybridized carbons (Fsp3) is 0.100. The second-order valence-corrected chi connectivity index (χ2v) is 14.7. The molecule has 200 valence electrons. The van der Waals surface area contributed by atoms with Crippen LogP contribution in [0.4, 0.5) is 0 Å². The van der Waals surface area contributed by atoms with E-state index >= 15 is 4.57 Å². The van der Waals surface area contributed by atoms with Gasteiger partial charge in [-0.15, -0.1) is 0 Å². The number of benzene rings is 5. The summed E-state index contributed by atoms with van der Waals surface area (Å²) in [6.45, 7) is 3.96. The number of rotatable bonds is 4. The van der Waals surface area contributed by atoms with Crippen molar-refractivity contribution in [3.05, 3.63) is 161 Å². The fourth-order valence-electron chi connectivity index (χ4n) is 8.00. The molecule has 0 fully saturated rings. The molecule has 0 heterocycles. The topological polar surface area (TPSA) is 17.1 Å². The highest BCUT2D eigenvalue weighted by Gasteiger charge is 2.45. The summed E-state index contributed by atoms with van der Waals surface area (Å²) in [7, 11) is -3.28. The summed E-state index contributed by atoms with van der Waals surface area (Å²) < 4.78 is 16.3. The average Bonchev–Trinajstić information content (AvgIpc) is 3.05. The summed E-state index contributed by atoms with van der Waals surface area (Å²) in [6, 6.07) is 27.9. The van der Waals surface area contributed by atoms with Crippen LogP contribution in [0.2, 0.25) is 0 Å². The molecule has 9 rings (SSSR count). The van der Waals surface area contributed by atoms with Gasteiger partial charge in [-0.25, -0.2) is 0 Å². The van der Waals surface area contributed by atoms with Crippen LogP contribution in [0.3, 0.4) is 0 Å². The lowest BCUT2D eigenvalue weighted by Gasteiger charge is -2.43. The molecule has 3 unspecified atom stereocenters. The second kappa shape index (κ2) is 8.78. The van der Waals surface area contributed by atoms with Crippen molar-refractivity contribution in [2.75, 3.05) is 0 Å². The molecular formula is C40H29OP. The zero-order valence-electron chi connectivity index (χ0n) is 23.3. The zero-order valence-corrected chi connectivity index (χ0v) is 24.2. The van der Waals surface area contributed by atoms with E-state index in [4.69, 9.17) is 0 Å². The summed E-state index contributed by atoms with van der Waals surface area (Å²) in [4.78, 5) is 0. The van der Waals surface area contributed by atoms with Gasteiger partial charge in [0.25, 0.3) is 0 Å². The van der Waals surface area contributed by atoms with E-state index < -0.39 is 7.14 Å². The molecule has 0 N–H and O–H groups in total. The molecular weight excluding hydrogens is 527 g/mol. The van der Waals surface area contributed by atoms with Gasteiger partial charge in [0.2, 0.25) is 0 Å². The molecule has 0 amide bonds. The largest absolute Gasteiger partial charge is 0.309 e. The van der Waals surface area contributed by atoms with Gasteiger partial charge in [0.15, 0.2) is 7.14 Å². The zero-order chi connectivity index (χ0) is 28.0. The van der Waals surface area contributed by atoms with Crippen molar-refractivity contribution in [2.45, 2.75) is 12.8 Å². The predicted octanol–water partition coefficient (Wildman–Crippen LogP) is 9.75. The molecule has 0 radical (unpaired) electrons. The van der Waals surface area contributed by atoms with E-state index in [0.717, 1.165) is 39.7 Å². The van der Waals surface area contributed by atoms with Crippen molar-refractivity contribution >= 4 is 56.1 Å². The van der Waals surface area contributed by atoms with Crippen molar-refractivity contribution in [1.29, 1.82) is 0 Å². The van der Waals surface area contributed by atoms with Crippen LogP contribution in [0.15, 0.2) is 156 Å². The van der Waals surface area contributed by atoms with Gasteiger partial charge in [0.1, 0.15) is 0 Å². The SMILES string of the molecule is C=Cc1ccc(P(=O)(C2=CC=C3CC=C4CC=CC5=C4C3C2C=C5)c2ccc3ccc4cccc5ccc2c3c45)cc1. The van der Waals surface area contributed by atoms with Gasteiger partial charge in [0, 0.05) is 27.8 Å². The molecule has 0 spiro atoms. The van der Waals surface area contributed by atoms with Crippen LogP contribution < -0.4 is 10.6 Å². The van der Waals surface area contributed by atoms with Gasteiger partial charge in [-0.2, -0.15) is 0 Å². The smallest absolute Gasteiger partial charge is 0.168 e. The minimum atomic E-state index is -3.28. The lowest BCUT2D eigenvalue weighted by atomic mass is 9.65. The Morgan fingerprint density at radius 1 is 0.786 bits per heavy atom. The third-order valence-corrected chi connectivity index (χ3v) is 13.2. The third-order valence-electron chi connectivity index (χ3n) is 9.94. The third kappa shape index (κ3) is 3.18. The van der Waals surface area contributed by atoms with E-state index in [1.165, 1.54) is 49.2 Å². The first-order valence-corrected chi connectivity index (χ1v) is 16.6. The summed E-state index contributed by atoms with van der Waals surface area (Å²) in [5.74, 6) is 0.304. The highest BCUT2D eigenvalue weighted by Crippen LogP contribution is 2.63. The molecule has 42 heavy (non-hydrogen) atoms. The molecule has 3 atom stereocenters. The van der Waals surface area contributed by atoms with Crippen molar-refractivity contribution < 1.29 is 4.57 Å². The van der Waals surface area contributed by atoms with Crippen LogP contribution in [0.25, 0.3) is 38.4 Å². The van der Waals surface area contributed by atoms with E-state index in [2.05, 4.69) is 128 Å². The minimum Gasteiger partial charge on any atom is -0.309 e. The average molecular weight is 557 g/mol. The first-order chi connectivity index (χ1) is 20.6. The monoisotopic (exact) mass is 556 g/mol. The molecule has 0 saturated carbocycles. The molecule has 5 aromatic rings. The van der Waals surface area contributed by atoms with Crippen LogP contribution in [-0.2, 0) is 4.57 Å². The number of allylic oxidation sites excluding steroid dienone is 12. The molecule has 0 bridgehead atoms. The van der Waals surface area contributed by atoms with Crippen LogP contribution in [0.1, 0.15) is 18.4 Å². The maximum absolute atomic E-state index is 16.3. The first kappa shape index (κ1) is 24.2. The Bertz CT molecular complexity index is 2220. The van der Waals surface area contributed by atoms with Crippen molar-refractivity contribution in [3.63, 3.8) is 0 Å². The van der Waals surface area contributed by atoms with Crippen LogP contribution >= 0.6 is 7.14 Å². The van der Waals surface area contributed by atoms with Crippen molar-refractivity contribution in [3.8, 4) is 0 Å². The Kier molecular flexibility index (Phi) is 5.05. The fourth-order valence-corrected chi connectivity index (χ4v) is 11.2. The quantitative estimate of drug-likeness (QED) is 0.159. The molecule has 2 heteroatoms. The maximum atomic E-state index is 16.3. The van der Waals surface area contributed by atoms with Gasteiger partial charge in [0.05, 0.1) is 0 Å². The standard InChI is InChI=1S/C40H29OP/c1-2-25-9-19-32(20-10-25)42(41,35-23-17-30-13-11-26-5-3-7-28-15-21-33(35)39(30)37(26)28)36-24-18-31-14-12-27-6-4-8-29-16-22-34(36)40(31)38(27)29/h2-5,7-13,15-24,34,40H,1,6,14H2. The molecule has 4 aliphatic rings. The van der Waals surface area contributed by atoms with E-state index in [1.807, 2.05) is 6.08 Å². The molecule has 0 aliphatic heterocycles. The molecule has 0 aromatic heterocycles. The highest BCUT2D eigenvalue weighted by atomic mass is 31.2. The number of hydrogen-bond acceptors (Lipinski definition) is 1. The van der Waals surface area contributed by atoms with E-state index in [9.17, 15) is 0 Å². The van der Waals surface area contributed by atoms with Gasteiger partial charge < -0.3 is 4.57 Å². The van der Waals surface area contributed by atoms with Crippen LogP contribution in [-0.4, -0.2) is 0 Å². The molecule has 1 nitrogen and oxygen atoms in total. The summed E-state index contributed by atoms with van der Waals surface area (Å²) in [5.41, 5.74) is 6.66. The molecule has 4 aliphatic carbocycles. The Labute approximate surface area is 246 Å². The van der Waals surface area contributed by atoms with Gasteiger partial charge in [-0.05, 0) is 73.5 Å². The lowest BCUT2D eigenvalue weighted by Crippen LogP contribution is -2.32. The minimum absolute atomic E-state index is 0.0578. The van der Waals surface area contributed by atoms with Crippen molar-refractivity contribution in [1.82, 2.24) is 0 Å². The van der Waals surface area contributed by atoms with E-state index in [1.54, 1.807) is 0 Å². The predicted molar refractivity (Wildman–Crippen MR) is 179 cm³/mol. The normalized spacial score (nSPS) is 22.1. The lowest BCUT2D eigenvalue weighted by molar-refractivity contribution is 0.544. The maximum Gasteiger partial charge on any atom is 0.168 e. The summed E-state index contributed by atoms with van der Waals surface area (Å²) in [5, 5.41) is 10.0. The summed E-state index contributed by atoms with van der Waals surface area (Å²) in [6.07, 6.45) is 19.9. The van der Waals surface area contributed by atoms with Gasteiger partial charge >= 0.3 is 0 Å². The van der Waals surface area contributed by atoms with E-state index in [-0.39, 0.29) is 11.8 Å². The Balaban J connectivity index is 1.34. The first-order valence-electron chi connectivity index (χ1n) is 14.8. The molecule has 0 saturated heterocycles. The molecule has 5 aromatic carbocycles. The highest BCUT2D eigenvalue weighted by molar-refractivity contribution is 7.82. The van der Waals surface area contributed by atoms with Gasteiger partial charge in [-0.3, -0.25) is 0 Å². The summed E-state index contributed by atoms with van der Waals surface area (Å²) >= 11 is 0. The Hall–Kier alpha value is -4.45. The Morgan fingerprint density at radius 2 is 1.55 bits per heavy atom. The van der Waals surface area contributed by atoms with E-state index in [0.29, 0.717) is 0 Å². The number of hydrogen-bond donors (Lipinski definition) is 0. The Morgan fingerprint density at radius 3 is 2.36 bits per heavy atom. The van der Waals surface area contributed by atoms with Gasteiger partial charge in [-0.1, -0.05) is 134 Å².